The average molecular weight is 281 g/mol. The molecule has 0 aromatic rings. The molecule has 3 aliphatic rings. The Kier molecular flexibility index (Phi) is 3.28. The summed E-state index contributed by atoms with van der Waals surface area (Å²) in [6.07, 6.45) is 4.77. The zero-order valence-electron chi connectivity index (χ0n) is 11.3. The lowest BCUT2D eigenvalue weighted by Gasteiger charge is -2.40. The molecule has 1 aliphatic carbocycles. The van der Waals surface area contributed by atoms with Crippen LogP contribution in [0.2, 0.25) is 0 Å². The van der Waals surface area contributed by atoms with Crippen LogP contribution in [0.5, 0.6) is 0 Å². The predicted molar refractivity (Wildman–Crippen MR) is 67.7 cm³/mol. The van der Waals surface area contributed by atoms with Gasteiger partial charge in [-0.15, -0.1) is 0 Å². The molecule has 2 unspecified atom stereocenters. The van der Waals surface area contributed by atoms with E-state index in [2.05, 4.69) is 0 Å². The Balaban J connectivity index is 1.79. The first-order chi connectivity index (χ1) is 9.52. The molecule has 20 heavy (non-hydrogen) atoms. The van der Waals surface area contributed by atoms with Gasteiger partial charge in [-0.3, -0.25) is 19.3 Å². The van der Waals surface area contributed by atoms with Gasteiger partial charge in [-0.05, 0) is 18.3 Å². The van der Waals surface area contributed by atoms with Crippen molar-refractivity contribution in [3.8, 4) is 0 Å². The van der Waals surface area contributed by atoms with Crippen molar-refractivity contribution in [1.29, 1.82) is 0 Å². The van der Waals surface area contributed by atoms with Crippen molar-refractivity contribution in [2.45, 2.75) is 44.6 Å². The molecule has 2 amide bonds. The number of hydrogen-bond acceptors (Lipinski definition) is 4. The fraction of sp³-hybridized carbons (Fsp3) is 0.786. The molecule has 2 aliphatic heterocycles. The summed E-state index contributed by atoms with van der Waals surface area (Å²) in [5.74, 6) is -2.23. The second kappa shape index (κ2) is 4.84. The number of piperidine rings is 1. The van der Waals surface area contributed by atoms with Crippen molar-refractivity contribution in [2.75, 3.05) is 13.2 Å². The van der Waals surface area contributed by atoms with E-state index in [9.17, 15) is 14.4 Å². The Morgan fingerprint density at radius 2 is 1.75 bits per heavy atom. The number of amides is 2. The van der Waals surface area contributed by atoms with Crippen LogP contribution in [0.25, 0.3) is 0 Å². The number of hydrogen-bond donors (Lipinski definition) is 1. The minimum Gasteiger partial charge on any atom is -0.481 e. The predicted octanol–water partition coefficient (Wildman–Crippen LogP) is 0.795. The van der Waals surface area contributed by atoms with Crippen LogP contribution >= 0.6 is 0 Å². The molecule has 3 fully saturated rings. The van der Waals surface area contributed by atoms with Gasteiger partial charge < -0.3 is 9.84 Å². The summed E-state index contributed by atoms with van der Waals surface area (Å²) in [5, 5.41) is 9.16. The largest absolute Gasteiger partial charge is 0.481 e. The van der Waals surface area contributed by atoms with Crippen LogP contribution in [0.1, 0.15) is 38.5 Å². The van der Waals surface area contributed by atoms with E-state index in [0.717, 1.165) is 25.7 Å². The molecule has 0 radical (unpaired) electrons. The highest BCUT2D eigenvalue weighted by molar-refractivity contribution is 5.99. The molecule has 1 N–H and O–H groups in total. The van der Waals surface area contributed by atoms with Crippen LogP contribution in [0.4, 0.5) is 0 Å². The van der Waals surface area contributed by atoms with Crippen molar-refractivity contribution in [3.05, 3.63) is 0 Å². The van der Waals surface area contributed by atoms with Gasteiger partial charge in [-0.2, -0.15) is 0 Å². The van der Waals surface area contributed by atoms with Gasteiger partial charge >= 0.3 is 5.97 Å². The van der Waals surface area contributed by atoms with Gasteiger partial charge in [-0.25, -0.2) is 0 Å². The van der Waals surface area contributed by atoms with E-state index in [0.29, 0.717) is 12.8 Å². The van der Waals surface area contributed by atoms with Crippen LogP contribution in [-0.4, -0.2) is 47.0 Å². The van der Waals surface area contributed by atoms with E-state index < -0.39 is 17.9 Å². The third-order valence-electron chi connectivity index (χ3n) is 4.95. The average Bonchev–Trinajstić information content (AvgIpc) is 2.98. The number of aliphatic carboxylic acids is 1. The van der Waals surface area contributed by atoms with E-state index in [1.807, 2.05) is 0 Å². The summed E-state index contributed by atoms with van der Waals surface area (Å²) in [7, 11) is 0. The highest BCUT2D eigenvalue weighted by Gasteiger charge is 2.50. The topological polar surface area (TPSA) is 83.9 Å². The summed E-state index contributed by atoms with van der Waals surface area (Å²) in [6, 6.07) is -0.633. The molecule has 0 aromatic heterocycles. The molecule has 2 heterocycles. The molecule has 0 bridgehead atoms. The Labute approximate surface area is 117 Å². The number of carboxylic acids is 1. The normalized spacial score (nSPS) is 33.1. The molecule has 3 rings (SSSR count). The SMILES string of the molecule is O=C(O)C1COCC1N1C(=O)CC2(CCCC2)CC1=O. The zero-order valence-corrected chi connectivity index (χ0v) is 11.3. The van der Waals surface area contributed by atoms with E-state index in [4.69, 9.17) is 9.84 Å². The number of carbonyl (C=O) groups excluding carboxylic acids is 2. The molecule has 6 heteroatoms. The van der Waals surface area contributed by atoms with Gasteiger partial charge in [-0.1, -0.05) is 12.8 Å². The minimum absolute atomic E-state index is 0.0716. The Morgan fingerprint density at radius 3 is 2.30 bits per heavy atom. The molecule has 0 aromatic carbocycles. The minimum atomic E-state index is -1.01. The first-order valence-electron chi connectivity index (χ1n) is 7.18. The lowest BCUT2D eigenvalue weighted by Crippen LogP contribution is -2.55. The van der Waals surface area contributed by atoms with Crippen molar-refractivity contribution in [2.24, 2.45) is 11.3 Å². The van der Waals surface area contributed by atoms with Crippen molar-refractivity contribution in [3.63, 3.8) is 0 Å². The van der Waals surface area contributed by atoms with Crippen LogP contribution in [0.15, 0.2) is 0 Å². The molecule has 1 saturated carbocycles. The number of nitrogens with zero attached hydrogens (tertiary/aromatic N) is 1. The van der Waals surface area contributed by atoms with Crippen molar-refractivity contribution >= 4 is 17.8 Å². The Morgan fingerprint density at radius 1 is 1.15 bits per heavy atom. The lowest BCUT2D eigenvalue weighted by atomic mass is 9.75. The highest BCUT2D eigenvalue weighted by Crippen LogP contribution is 2.47. The summed E-state index contributed by atoms with van der Waals surface area (Å²) in [5.41, 5.74) is -0.150. The van der Waals surface area contributed by atoms with Gasteiger partial charge in [0.1, 0.15) is 5.92 Å². The van der Waals surface area contributed by atoms with Crippen molar-refractivity contribution < 1.29 is 24.2 Å². The first-order valence-corrected chi connectivity index (χ1v) is 7.18. The summed E-state index contributed by atoms with van der Waals surface area (Å²) in [4.78, 5) is 37.1. The number of likely N-dealkylation sites (tertiary alicyclic amines) is 1. The van der Waals surface area contributed by atoms with E-state index in [1.54, 1.807) is 0 Å². The van der Waals surface area contributed by atoms with Crippen LogP contribution in [-0.2, 0) is 19.1 Å². The number of carbonyl (C=O) groups is 3. The number of imide groups is 1. The monoisotopic (exact) mass is 281 g/mol. The van der Waals surface area contributed by atoms with Gasteiger partial charge in [0.25, 0.3) is 0 Å². The van der Waals surface area contributed by atoms with Crippen LogP contribution < -0.4 is 0 Å². The Hall–Kier alpha value is -1.43. The van der Waals surface area contributed by atoms with Gasteiger partial charge in [0.15, 0.2) is 0 Å². The maximum absolute atomic E-state index is 12.4. The number of ether oxygens (including phenoxy) is 1. The van der Waals surface area contributed by atoms with Gasteiger partial charge in [0.05, 0.1) is 19.3 Å². The second-order valence-corrected chi connectivity index (χ2v) is 6.27. The van der Waals surface area contributed by atoms with Crippen LogP contribution in [0, 0.1) is 11.3 Å². The van der Waals surface area contributed by atoms with Gasteiger partial charge in [0, 0.05) is 12.8 Å². The van der Waals surface area contributed by atoms with Gasteiger partial charge in [0.2, 0.25) is 11.8 Å². The number of rotatable bonds is 2. The standard InChI is InChI=1S/C14H19NO5/c16-11-5-14(3-1-2-4-14)6-12(17)15(11)10-8-20-7-9(10)13(18)19/h9-10H,1-8H2,(H,18,19). The molecule has 1 spiro atoms. The van der Waals surface area contributed by atoms with E-state index in [-0.39, 0.29) is 30.4 Å². The third-order valence-corrected chi connectivity index (χ3v) is 4.95. The molecule has 6 nitrogen and oxygen atoms in total. The summed E-state index contributed by atoms with van der Waals surface area (Å²) in [6.45, 7) is 0.212. The van der Waals surface area contributed by atoms with E-state index >= 15 is 0 Å². The molecular formula is C14H19NO5. The quantitative estimate of drug-likeness (QED) is 0.757. The second-order valence-electron chi connectivity index (χ2n) is 6.27. The molecular weight excluding hydrogens is 262 g/mol. The molecule has 110 valence electrons. The fourth-order valence-electron chi connectivity index (χ4n) is 3.90. The molecule has 2 atom stereocenters. The maximum Gasteiger partial charge on any atom is 0.311 e. The fourth-order valence-corrected chi connectivity index (χ4v) is 3.90. The zero-order chi connectivity index (χ0) is 14.3. The molecule has 2 saturated heterocycles. The highest BCUT2D eigenvalue weighted by atomic mass is 16.5. The van der Waals surface area contributed by atoms with E-state index in [1.165, 1.54) is 4.90 Å². The van der Waals surface area contributed by atoms with Crippen LogP contribution in [0.3, 0.4) is 0 Å². The maximum atomic E-state index is 12.4. The third kappa shape index (κ3) is 2.12. The number of carboxylic acid groups (broad SMARTS) is 1. The summed E-state index contributed by atoms with van der Waals surface area (Å²) < 4.78 is 5.17. The summed E-state index contributed by atoms with van der Waals surface area (Å²) >= 11 is 0. The Bertz CT molecular complexity index is 434. The lowest BCUT2D eigenvalue weighted by molar-refractivity contribution is -0.158. The van der Waals surface area contributed by atoms with Crippen molar-refractivity contribution in [1.82, 2.24) is 4.90 Å². The smallest absolute Gasteiger partial charge is 0.311 e. The first kappa shape index (κ1) is 13.5.